The van der Waals surface area contributed by atoms with Crippen molar-refractivity contribution >= 4 is 11.8 Å². The molecule has 2 amide bonds. The van der Waals surface area contributed by atoms with E-state index in [4.69, 9.17) is 4.74 Å². The van der Waals surface area contributed by atoms with E-state index in [-0.39, 0.29) is 11.8 Å². The van der Waals surface area contributed by atoms with Crippen LogP contribution in [-0.2, 0) is 16.1 Å². The fourth-order valence-electron chi connectivity index (χ4n) is 5.14. The van der Waals surface area contributed by atoms with Gasteiger partial charge in [-0.15, -0.1) is 0 Å². The molecule has 0 N–H and O–H groups in total. The molecule has 2 atom stereocenters. The van der Waals surface area contributed by atoms with E-state index in [1.165, 1.54) is 12.1 Å². The zero-order valence-electron chi connectivity index (χ0n) is 17.3. The molecule has 0 aliphatic carbocycles. The second-order valence-corrected chi connectivity index (χ2v) is 8.40. The third kappa shape index (κ3) is 3.22. The van der Waals surface area contributed by atoms with Crippen LogP contribution in [-0.4, -0.2) is 56.3 Å². The van der Waals surface area contributed by atoms with Gasteiger partial charge in [0.25, 0.3) is 11.8 Å². The minimum Gasteiger partial charge on any atom is -0.342 e. The number of ether oxygens (including phenoxy) is 1. The number of aryl methyl sites for hydroxylation is 1. The summed E-state index contributed by atoms with van der Waals surface area (Å²) in [6.45, 7) is 3.33. The molecule has 1 spiro atoms. The van der Waals surface area contributed by atoms with Crippen LogP contribution in [0.4, 0.5) is 8.78 Å². The fourth-order valence-corrected chi connectivity index (χ4v) is 5.14. The lowest BCUT2D eigenvalue weighted by Crippen LogP contribution is -2.52. The third-order valence-electron chi connectivity index (χ3n) is 6.68. The number of hydrogen-bond donors (Lipinski definition) is 0. The highest BCUT2D eigenvalue weighted by molar-refractivity contribution is 5.93. The van der Waals surface area contributed by atoms with Crippen molar-refractivity contribution < 1.29 is 23.1 Å². The Balaban J connectivity index is 1.32. The molecular weight excluding hydrogens is 406 g/mol. The molecule has 31 heavy (non-hydrogen) atoms. The molecule has 7 nitrogen and oxygen atoms in total. The molecule has 1 aromatic carbocycles. The lowest BCUT2D eigenvalue weighted by atomic mass is 9.89. The van der Waals surface area contributed by atoms with E-state index in [1.807, 2.05) is 6.92 Å². The maximum absolute atomic E-state index is 13.7. The molecule has 0 bridgehead atoms. The zero-order chi connectivity index (χ0) is 21.8. The van der Waals surface area contributed by atoms with Crippen molar-refractivity contribution in [2.75, 3.05) is 13.1 Å². The van der Waals surface area contributed by atoms with Crippen molar-refractivity contribution in [2.24, 2.45) is 0 Å². The third-order valence-corrected chi connectivity index (χ3v) is 6.68. The van der Waals surface area contributed by atoms with Crippen molar-refractivity contribution in [3.8, 4) is 0 Å². The van der Waals surface area contributed by atoms with Crippen LogP contribution in [0.1, 0.15) is 54.7 Å². The molecule has 3 aliphatic rings. The molecule has 5 rings (SSSR count). The molecule has 3 fully saturated rings. The second kappa shape index (κ2) is 7.40. The molecule has 0 radical (unpaired) electrons. The number of piperidine rings is 1. The van der Waals surface area contributed by atoms with Crippen molar-refractivity contribution in [1.82, 2.24) is 19.6 Å². The quantitative estimate of drug-likeness (QED) is 0.751. The summed E-state index contributed by atoms with van der Waals surface area (Å²) in [5.74, 6) is -1.55. The highest BCUT2D eigenvalue weighted by Gasteiger charge is 2.58. The monoisotopic (exact) mass is 430 g/mol. The van der Waals surface area contributed by atoms with E-state index in [2.05, 4.69) is 5.10 Å². The maximum Gasteiger partial charge on any atom is 0.272 e. The predicted molar refractivity (Wildman–Crippen MR) is 106 cm³/mol. The molecule has 9 heteroatoms. The first-order valence-corrected chi connectivity index (χ1v) is 10.7. The van der Waals surface area contributed by atoms with Crippen molar-refractivity contribution in [3.05, 3.63) is 53.4 Å². The molecule has 2 aromatic rings. The molecule has 3 aliphatic heterocycles. The van der Waals surface area contributed by atoms with Crippen LogP contribution >= 0.6 is 0 Å². The first-order chi connectivity index (χ1) is 14.9. The van der Waals surface area contributed by atoms with Crippen LogP contribution < -0.4 is 0 Å². The van der Waals surface area contributed by atoms with E-state index < -0.39 is 29.5 Å². The molecule has 164 valence electrons. The Hall–Kier alpha value is -2.81. The summed E-state index contributed by atoms with van der Waals surface area (Å²) in [6.07, 6.45) is 3.22. The van der Waals surface area contributed by atoms with Gasteiger partial charge in [0.15, 0.2) is 5.60 Å². The van der Waals surface area contributed by atoms with Gasteiger partial charge in [0.05, 0.1) is 6.04 Å². The van der Waals surface area contributed by atoms with Gasteiger partial charge in [-0.3, -0.25) is 14.3 Å². The van der Waals surface area contributed by atoms with Crippen LogP contribution in [0, 0.1) is 11.6 Å². The molecule has 0 saturated carbocycles. The summed E-state index contributed by atoms with van der Waals surface area (Å²) in [5, 5.41) is 4.15. The number of benzene rings is 1. The predicted octanol–water partition coefficient (Wildman–Crippen LogP) is 2.88. The average molecular weight is 430 g/mol. The molecule has 3 saturated heterocycles. The Morgan fingerprint density at radius 1 is 1.19 bits per heavy atom. The Morgan fingerprint density at radius 3 is 2.58 bits per heavy atom. The van der Waals surface area contributed by atoms with Crippen LogP contribution in [0.3, 0.4) is 0 Å². The van der Waals surface area contributed by atoms with Crippen molar-refractivity contribution in [2.45, 2.75) is 57.0 Å². The topological polar surface area (TPSA) is 67.7 Å². The Morgan fingerprint density at radius 2 is 1.90 bits per heavy atom. The summed E-state index contributed by atoms with van der Waals surface area (Å²) < 4.78 is 35.4. The second-order valence-electron chi connectivity index (χ2n) is 8.40. The number of rotatable bonds is 3. The summed E-state index contributed by atoms with van der Waals surface area (Å²) in [7, 11) is 0. The number of nitrogens with zero attached hydrogens (tertiary/aromatic N) is 4. The SMILES string of the molecule is CCn1nccc1C(=O)N1CCC2(CC1)OC1CCC(c3cc(F)cc(F)c3)N1C2=O. The van der Waals surface area contributed by atoms with E-state index >= 15 is 0 Å². The van der Waals surface area contributed by atoms with Gasteiger partial charge in [-0.05, 0) is 43.5 Å². The molecule has 2 unspecified atom stereocenters. The van der Waals surface area contributed by atoms with E-state index in [0.29, 0.717) is 56.6 Å². The van der Waals surface area contributed by atoms with Crippen LogP contribution in [0.15, 0.2) is 30.5 Å². The summed E-state index contributed by atoms with van der Waals surface area (Å²) in [5.41, 5.74) is 0.0112. The van der Waals surface area contributed by atoms with Crippen LogP contribution in [0.25, 0.3) is 0 Å². The van der Waals surface area contributed by atoms with Crippen LogP contribution in [0.2, 0.25) is 0 Å². The van der Waals surface area contributed by atoms with Gasteiger partial charge < -0.3 is 14.5 Å². The summed E-state index contributed by atoms with van der Waals surface area (Å²) >= 11 is 0. The largest absolute Gasteiger partial charge is 0.342 e. The number of carbonyl (C=O) groups excluding carboxylic acids is 2. The smallest absolute Gasteiger partial charge is 0.272 e. The Labute approximate surface area is 178 Å². The number of likely N-dealkylation sites (tertiary alicyclic amines) is 1. The normalized spacial score (nSPS) is 24.8. The maximum atomic E-state index is 13.7. The first kappa shape index (κ1) is 20.1. The average Bonchev–Trinajstić information content (AvgIpc) is 3.44. The molecule has 4 heterocycles. The van der Waals surface area contributed by atoms with E-state index in [0.717, 1.165) is 6.07 Å². The minimum absolute atomic E-state index is 0.103. The number of hydrogen-bond acceptors (Lipinski definition) is 4. The zero-order valence-corrected chi connectivity index (χ0v) is 17.3. The van der Waals surface area contributed by atoms with E-state index in [1.54, 1.807) is 26.7 Å². The number of fused-ring (bicyclic) bond motifs is 1. The first-order valence-electron chi connectivity index (χ1n) is 10.7. The van der Waals surface area contributed by atoms with Gasteiger partial charge in [0.1, 0.15) is 23.6 Å². The van der Waals surface area contributed by atoms with E-state index in [9.17, 15) is 18.4 Å². The highest BCUT2D eigenvalue weighted by Crippen LogP contribution is 2.47. The molecular formula is C22H24F2N4O3. The molecule has 1 aromatic heterocycles. The standard InChI is InChI=1S/C22H24F2N4O3/c1-2-27-18(5-8-25-27)20(29)26-9-6-22(7-10-26)21(30)28-17(3-4-19(28)31-22)14-11-15(23)13-16(24)12-14/h5,8,11-13,17,19H,2-4,6-7,9-10H2,1H3. The summed E-state index contributed by atoms with van der Waals surface area (Å²) in [4.78, 5) is 29.7. The number of aromatic nitrogens is 2. The Kier molecular flexibility index (Phi) is 4.80. The van der Waals surface area contributed by atoms with Gasteiger partial charge in [-0.2, -0.15) is 5.10 Å². The number of amides is 2. The lowest BCUT2D eigenvalue weighted by molar-refractivity contribution is -0.142. The van der Waals surface area contributed by atoms with Gasteiger partial charge in [-0.25, -0.2) is 8.78 Å². The van der Waals surface area contributed by atoms with Crippen molar-refractivity contribution in [1.29, 1.82) is 0 Å². The van der Waals surface area contributed by atoms with Crippen molar-refractivity contribution in [3.63, 3.8) is 0 Å². The fraction of sp³-hybridized carbons (Fsp3) is 0.500. The number of carbonyl (C=O) groups is 2. The van der Waals surface area contributed by atoms with Gasteiger partial charge in [0.2, 0.25) is 0 Å². The van der Waals surface area contributed by atoms with Gasteiger partial charge >= 0.3 is 0 Å². The Bertz CT molecular complexity index is 1010. The summed E-state index contributed by atoms with van der Waals surface area (Å²) in [6, 6.07) is 4.70. The van der Waals surface area contributed by atoms with Crippen LogP contribution in [0.5, 0.6) is 0 Å². The minimum atomic E-state index is -0.975. The van der Waals surface area contributed by atoms with Gasteiger partial charge in [-0.1, -0.05) is 0 Å². The highest BCUT2D eigenvalue weighted by atomic mass is 19.1. The van der Waals surface area contributed by atoms with Gasteiger partial charge in [0, 0.05) is 44.7 Å². The lowest BCUT2D eigenvalue weighted by Gasteiger charge is -2.37. The number of halogens is 2.